The monoisotopic (exact) mass is 203 g/mol. The molecule has 1 aromatic rings. The van der Waals surface area contributed by atoms with Crippen molar-refractivity contribution in [3.8, 4) is 0 Å². The van der Waals surface area contributed by atoms with E-state index in [2.05, 4.69) is 4.74 Å². The molecule has 0 saturated heterocycles. The summed E-state index contributed by atoms with van der Waals surface area (Å²) in [4.78, 5) is 11.0. The standard InChI is InChI=1S/C8H7ClFNO2/c1-13-8(12)5-2-4(9)3-6(10)7(5)11/h2-3H,11H2,1H3. The zero-order valence-electron chi connectivity index (χ0n) is 6.80. The number of carbonyl (C=O) groups is 1. The van der Waals surface area contributed by atoms with Crippen molar-refractivity contribution in [2.24, 2.45) is 0 Å². The molecule has 0 unspecified atom stereocenters. The lowest BCUT2D eigenvalue weighted by Gasteiger charge is -2.04. The molecular formula is C8H7ClFNO2. The number of nitrogen functional groups attached to an aromatic ring is 1. The first-order chi connectivity index (χ1) is 6.06. The summed E-state index contributed by atoms with van der Waals surface area (Å²) in [6, 6.07) is 2.29. The molecule has 1 rings (SSSR count). The van der Waals surface area contributed by atoms with Crippen molar-refractivity contribution in [3.05, 3.63) is 28.5 Å². The fourth-order valence-corrected chi connectivity index (χ4v) is 1.07. The molecule has 0 saturated carbocycles. The van der Waals surface area contributed by atoms with E-state index < -0.39 is 11.8 Å². The summed E-state index contributed by atoms with van der Waals surface area (Å²) in [5, 5.41) is 0.104. The van der Waals surface area contributed by atoms with Crippen molar-refractivity contribution in [2.75, 3.05) is 12.8 Å². The van der Waals surface area contributed by atoms with E-state index in [4.69, 9.17) is 17.3 Å². The zero-order valence-corrected chi connectivity index (χ0v) is 7.56. The van der Waals surface area contributed by atoms with Gasteiger partial charge in [-0.15, -0.1) is 0 Å². The number of rotatable bonds is 1. The molecule has 1 aromatic carbocycles. The van der Waals surface area contributed by atoms with Crippen molar-refractivity contribution in [1.82, 2.24) is 0 Å². The second-order valence-electron chi connectivity index (χ2n) is 2.34. The lowest BCUT2D eigenvalue weighted by Crippen LogP contribution is -2.07. The molecule has 0 amide bonds. The number of nitrogens with two attached hydrogens (primary N) is 1. The summed E-state index contributed by atoms with van der Waals surface area (Å²) >= 11 is 5.52. The van der Waals surface area contributed by atoms with E-state index in [0.717, 1.165) is 6.07 Å². The Morgan fingerprint density at radius 1 is 1.62 bits per heavy atom. The van der Waals surface area contributed by atoms with E-state index >= 15 is 0 Å². The number of hydrogen-bond acceptors (Lipinski definition) is 3. The summed E-state index contributed by atoms with van der Waals surface area (Å²) in [6.07, 6.45) is 0. The minimum absolute atomic E-state index is 0.0625. The molecule has 0 aliphatic rings. The average Bonchev–Trinajstić information content (AvgIpc) is 2.10. The summed E-state index contributed by atoms with van der Waals surface area (Å²) in [6.45, 7) is 0. The Balaban J connectivity index is 3.28. The molecule has 0 bridgehead atoms. The van der Waals surface area contributed by atoms with Gasteiger partial charge in [0, 0.05) is 5.02 Å². The van der Waals surface area contributed by atoms with Crippen LogP contribution in [0.25, 0.3) is 0 Å². The predicted molar refractivity (Wildman–Crippen MR) is 47.2 cm³/mol. The number of esters is 1. The van der Waals surface area contributed by atoms with E-state index in [1.165, 1.54) is 13.2 Å². The van der Waals surface area contributed by atoms with Gasteiger partial charge in [-0.25, -0.2) is 9.18 Å². The molecule has 2 N–H and O–H groups in total. The third-order valence-electron chi connectivity index (χ3n) is 1.50. The maximum atomic E-state index is 12.9. The SMILES string of the molecule is COC(=O)c1cc(Cl)cc(F)c1N. The molecular weight excluding hydrogens is 197 g/mol. The quantitative estimate of drug-likeness (QED) is 0.560. The minimum Gasteiger partial charge on any atom is -0.465 e. The number of benzene rings is 1. The predicted octanol–water partition coefficient (Wildman–Crippen LogP) is 1.85. The Labute approximate surface area is 79.2 Å². The normalized spacial score (nSPS) is 9.77. The first-order valence-corrected chi connectivity index (χ1v) is 3.77. The molecule has 3 nitrogen and oxygen atoms in total. The van der Waals surface area contributed by atoms with E-state index in [-0.39, 0.29) is 16.3 Å². The van der Waals surface area contributed by atoms with Crippen molar-refractivity contribution in [2.45, 2.75) is 0 Å². The molecule has 13 heavy (non-hydrogen) atoms. The summed E-state index contributed by atoms with van der Waals surface area (Å²) in [7, 11) is 1.18. The molecule has 0 spiro atoms. The molecule has 0 fully saturated rings. The Morgan fingerprint density at radius 3 is 2.77 bits per heavy atom. The summed E-state index contributed by atoms with van der Waals surface area (Å²) < 4.78 is 17.3. The van der Waals surface area contributed by atoms with Crippen LogP contribution >= 0.6 is 11.6 Å². The second kappa shape index (κ2) is 3.62. The maximum absolute atomic E-state index is 12.9. The zero-order chi connectivity index (χ0) is 10.0. The maximum Gasteiger partial charge on any atom is 0.340 e. The fraction of sp³-hybridized carbons (Fsp3) is 0.125. The van der Waals surface area contributed by atoms with Crippen LogP contribution in [0.3, 0.4) is 0 Å². The van der Waals surface area contributed by atoms with Crippen LogP contribution in [0, 0.1) is 5.82 Å². The third-order valence-corrected chi connectivity index (χ3v) is 1.72. The number of methoxy groups -OCH3 is 1. The second-order valence-corrected chi connectivity index (χ2v) is 2.78. The van der Waals surface area contributed by atoms with E-state index in [1.54, 1.807) is 0 Å². The third kappa shape index (κ3) is 1.89. The van der Waals surface area contributed by atoms with Gasteiger partial charge in [0.15, 0.2) is 0 Å². The number of anilines is 1. The highest BCUT2D eigenvalue weighted by Crippen LogP contribution is 2.22. The molecule has 70 valence electrons. The molecule has 0 heterocycles. The molecule has 0 aromatic heterocycles. The molecule has 0 radical (unpaired) electrons. The van der Waals surface area contributed by atoms with Crippen molar-refractivity contribution in [3.63, 3.8) is 0 Å². The van der Waals surface area contributed by atoms with Crippen molar-refractivity contribution in [1.29, 1.82) is 0 Å². The van der Waals surface area contributed by atoms with Gasteiger partial charge in [-0.2, -0.15) is 0 Å². The van der Waals surface area contributed by atoms with Crippen LogP contribution < -0.4 is 5.73 Å². The van der Waals surface area contributed by atoms with Crippen LogP contribution in [-0.2, 0) is 4.74 Å². The van der Waals surface area contributed by atoms with Crippen LogP contribution in [0.15, 0.2) is 12.1 Å². The summed E-state index contributed by atoms with van der Waals surface area (Å²) in [5.41, 5.74) is 4.98. The number of carbonyl (C=O) groups excluding carboxylic acids is 1. The number of ether oxygens (including phenoxy) is 1. The molecule has 0 atom stereocenters. The fourth-order valence-electron chi connectivity index (χ4n) is 0.864. The first kappa shape index (κ1) is 9.80. The van der Waals surface area contributed by atoms with Crippen LogP contribution in [0.4, 0.5) is 10.1 Å². The number of halogens is 2. The largest absolute Gasteiger partial charge is 0.465 e. The van der Waals surface area contributed by atoms with E-state index in [1.807, 2.05) is 0 Å². The van der Waals surface area contributed by atoms with Gasteiger partial charge in [-0.05, 0) is 12.1 Å². The van der Waals surface area contributed by atoms with Crippen molar-refractivity contribution < 1.29 is 13.9 Å². The highest BCUT2D eigenvalue weighted by molar-refractivity contribution is 6.31. The van der Waals surface area contributed by atoms with Crippen LogP contribution in [-0.4, -0.2) is 13.1 Å². The summed E-state index contributed by atoms with van der Waals surface area (Å²) in [5.74, 6) is -1.44. The minimum atomic E-state index is -0.729. The first-order valence-electron chi connectivity index (χ1n) is 3.39. The Hall–Kier alpha value is -1.29. The van der Waals surface area contributed by atoms with Gasteiger partial charge in [0.1, 0.15) is 5.82 Å². The smallest absolute Gasteiger partial charge is 0.340 e. The average molecular weight is 204 g/mol. The Kier molecular flexibility index (Phi) is 2.72. The van der Waals surface area contributed by atoms with Gasteiger partial charge in [0.2, 0.25) is 0 Å². The van der Waals surface area contributed by atoms with Gasteiger partial charge in [0.05, 0.1) is 18.4 Å². The topological polar surface area (TPSA) is 52.3 Å². The highest BCUT2D eigenvalue weighted by Gasteiger charge is 2.14. The van der Waals surface area contributed by atoms with Crippen LogP contribution in [0.1, 0.15) is 10.4 Å². The van der Waals surface area contributed by atoms with Gasteiger partial charge in [-0.1, -0.05) is 11.6 Å². The molecule has 0 aliphatic carbocycles. The van der Waals surface area contributed by atoms with Crippen LogP contribution in [0.5, 0.6) is 0 Å². The van der Waals surface area contributed by atoms with Crippen molar-refractivity contribution >= 4 is 23.3 Å². The van der Waals surface area contributed by atoms with Gasteiger partial charge < -0.3 is 10.5 Å². The lowest BCUT2D eigenvalue weighted by molar-refractivity contribution is 0.0601. The Morgan fingerprint density at radius 2 is 2.23 bits per heavy atom. The van der Waals surface area contributed by atoms with Crippen LogP contribution in [0.2, 0.25) is 5.02 Å². The van der Waals surface area contributed by atoms with E-state index in [0.29, 0.717) is 0 Å². The van der Waals surface area contributed by atoms with Gasteiger partial charge in [0.25, 0.3) is 0 Å². The molecule has 5 heteroatoms. The van der Waals surface area contributed by atoms with Gasteiger partial charge in [-0.3, -0.25) is 0 Å². The highest BCUT2D eigenvalue weighted by atomic mass is 35.5. The lowest BCUT2D eigenvalue weighted by atomic mass is 10.2. The van der Waals surface area contributed by atoms with Gasteiger partial charge >= 0.3 is 5.97 Å². The number of hydrogen-bond donors (Lipinski definition) is 1. The Bertz CT molecular complexity index is 354. The molecule has 0 aliphatic heterocycles. The van der Waals surface area contributed by atoms with E-state index in [9.17, 15) is 9.18 Å².